The van der Waals surface area contributed by atoms with E-state index in [2.05, 4.69) is 0 Å². The molecular weight excluding hydrogens is 154 g/mol. The average molecular weight is 167 g/mol. The second kappa shape index (κ2) is 3.11. The molecule has 0 aliphatic rings. The van der Waals surface area contributed by atoms with Crippen molar-refractivity contribution in [3.8, 4) is 0 Å². The normalized spacial score (nSPS) is 10.3. The summed E-state index contributed by atoms with van der Waals surface area (Å²) in [4.78, 5) is 11.1. The highest BCUT2D eigenvalue weighted by Gasteiger charge is 2.10. The van der Waals surface area contributed by atoms with Gasteiger partial charge in [0, 0.05) is 17.0 Å². The Labute approximate surface area is 71.6 Å². The minimum Gasteiger partial charge on any atom is -0.376 e. The molecule has 12 heavy (non-hydrogen) atoms. The van der Waals surface area contributed by atoms with E-state index in [0.29, 0.717) is 5.56 Å². The van der Waals surface area contributed by atoms with Gasteiger partial charge in [0.05, 0.1) is 0 Å². The lowest BCUT2D eigenvalue weighted by molar-refractivity contribution is 0.101. The third kappa shape index (κ3) is 1.28. The maximum absolute atomic E-state index is 11.1. The van der Waals surface area contributed by atoms with Crippen LogP contribution in [0.2, 0.25) is 0 Å². The molecule has 1 rings (SSSR count). The summed E-state index contributed by atoms with van der Waals surface area (Å²) in [6, 6.07) is 1.80. The van der Waals surface area contributed by atoms with E-state index in [-0.39, 0.29) is 12.5 Å². The van der Waals surface area contributed by atoms with Crippen molar-refractivity contribution in [3.63, 3.8) is 0 Å². The summed E-state index contributed by atoms with van der Waals surface area (Å²) in [5.41, 5.74) is 2.45. The molecule has 0 radical (unpaired) electrons. The number of nitrogens with zero attached hydrogens (tertiary/aromatic N) is 1. The van der Waals surface area contributed by atoms with Crippen LogP contribution in [-0.4, -0.2) is 15.5 Å². The largest absolute Gasteiger partial charge is 0.376 e. The van der Waals surface area contributed by atoms with E-state index >= 15 is 0 Å². The third-order valence-corrected chi connectivity index (χ3v) is 2.09. The molecule has 0 unspecified atom stereocenters. The second-order valence-electron chi connectivity index (χ2n) is 2.91. The molecule has 0 aliphatic carbocycles. The number of hydrogen-bond acceptors (Lipinski definition) is 2. The minimum atomic E-state index is -0.0645. The molecule has 1 N–H and O–H groups in total. The number of aromatic nitrogens is 1. The van der Waals surface area contributed by atoms with E-state index in [1.807, 2.05) is 13.8 Å². The average Bonchev–Trinajstić information content (AvgIpc) is 2.27. The molecular formula is C9H13NO2. The van der Waals surface area contributed by atoms with Crippen molar-refractivity contribution in [2.75, 3.05) is 0 Å². The number of aliphatic hydroxyl groups excluding tert-OH is 1. The zero-order valence-electron chi connectivity index (χ0n) is 7.59. The van der Waals surface area contributed by atoms with Gasteiger partial charge in [-0.05, 0) is 26.8 Å². The van der Waals surface area contributed by atoms with Crippen molar-refractivity contribution >= 4 is 5.78 Å². The van der Waals surface area contributed by atoms with Crippen molar-refractivity contribution in [1.82, 2.24) is 4.57 Å². The van der Waals surface area contributed by atoms with Gasteiger partial charge in [0.2, 0.25) is 0 Å². The van der Waals surface area contributed by atoms with E-state index < -0.39 is 0 Å². The maximum atomic E-state index is 11.1. The lowest BCUT2D eigenvalue weighted by atomic mass is 10.2. The van der Waals surface area contributed by atoms with Gasteiger partial charge in [-0.2, -0.15) is 0 Å². The standard InChI is InChI=1S/C9H13NO2/c1-6-4-9(8(3)12)7(2)10(6)5-11/h4,11H,5H2,1-3H3. The van der Waals surface area contributed by atoms with Gasteiger partial charge < -0.3 is 9.67 Å². The first kappa shape index (κ1) is 9.00. The van der Waals surface area contributed by atoms with Crippen LogP contribution in [0.15, 0.2) is 6.07 Å². The van der Waals surface area contributed by atoms with Crippen LogP contribution < -0.4 is 0 Å². The summed E-state index contributed by atoms with van der Waals surface area (Å²) in [5.74, 6) is 0.0443. The van der Waals surface area contributed by atoms with Gasteiger partial charge in [0.1, 0.15) is 6.73 Å². The zero-order valence-corrected chi connectivity index (χ0v) is 7.59. The first-order valence-electron chi connectivity index (χ1n) is 3.86. The maximum Gasteiger partial charge on any atom is 0.161 e. The van der Waals surface area contributed by atoms with Crippen molar-refractivity contribution in [1.29, 1.82) is 0 Å². The van der Waals surface area contributed by atoms with Gasteiger partial charge in [-0.1, -0.05) is 0 Å². The summed E-state index contributed by atoms with van der Waals surface area (Å²) in [7, 11) is 0. The fourth-order valence-electron chi connectivity index (χ4n) is 1.38. The monoisotopic (exact) mass is 167 g/mol. The molecule has 66 valence electrons. The van der Waals surface area contributed by atoms with Crippen LogP contribution in [0.25, 0.3) is 0 Å². The van der Waals surface area contributed by atoms with Crippen molar-refractivity contribution < 1.29 is 9.90 Å². The first-order valence-corrected chi connectivity index (χ1v) is 3.86. The van der Waals surface area contributed by atoms with E-state index in [0.717, 1.165) is 11.4 Å². The first-order chi connectivity index (χ1) is 5.57. The predicted octanol–water partition coefficient (Wildman–Crippen LogP) is 1.26. The molecule has 0 fully saturated rings. The highest BCUT2D eigenvalue weighted by molar-refractivity contribution is 5.95. The van der Waals surface area contributed by atoms with Crippen molar-refractivity contribution in [3.05, 3.63) is 23.0 Å². The van der Waals surface area contributed by atoms with Crippen LogP contribution in [0.4, 0.5) is 0 Å². The summed E-state index contributed by atoms with van der Waals surface area (Å²) < 4.78 is 1.71. The lowest BCUT2D eigenvalue weighted by Crippen LogP contribution is -2.02. The van der Waals surface area contributed by atoms with Crippen LogP contribution >= 0.6 is 0 Å². The van der Waals surface area contributed by atoms with E-state index in [9.17, 15) is 4.79 Å². The third-order valence-electron chi connectivity index (χ3n) is 2.09. The summed E-state index contributed by atoms with van der Waals surface area (Å²) >= 11 is 0. The zero-order chi connectivity index (χ0) is 9.30. The molecule has 0 saturated heterocycles. The molecule has 3 heteroatoms. The van der Waals surface area contributed by atoms with Gasteiger partial charge >= 0.3 is 0 Å². The number of hydrogen-bond donors (Lipinski definition) is 1. The number of ketones is 1. The predicted molar refractivity (Wildman–Crippen MR) is 46.1 cm³/mol. The number of aliphatic hydroxyl groups is 1. The molecule has 0 atom stereocenters. The molecule has 1 aromatic rings. The second-order valence-corrected chi connectivity index (χ2v) is 2.91. The Morgan fingerprint density at radius 1 is 1.58 bits per heavy atom. The summed E-state index contributed by atoms with van der Waals surface area (Å²) in [5, 5.41) is 8.95. The quantitative estimate of drug-likeness (QED) is 0.674. The molecule has 0 bridgehead atoms. The Kier molecular flexibility index (Phi) is 2.33. The van der Waals surface area contributed by atoms with Crippen LogP contribution in [0, 0.1) is 13.8 Å². The molecule has 1 aromatic heterocycles. The SMILES string of the molecule is CC(=O)c1cc(C)n(CO)c1C. The van der Waals surface area contributed by atoms with Gasteiger partial charge in [0.25, 0.3) is 0 Å². The van der Waals surface area contributed by atoms with Gasteiger partial charge in [-0.15, -0.1) is 0 Å². The molecule has 0 aliphatic heterocycles. The van der Waals surface area contributed by atoms with Crippen molar-refractivity contribution in [2.24, 2.45) is 0 Å². The molecule has 0 spiro atoms. The fraction of sp³-hybridized carbons (Fsp3) is 0.444. The van der Waals surface area contributed by atoms with Gasteiger partial charge in [-0.3, -0.25) is 4.79 Å². The number of carbonyl (C=O) groups excluding carboxylic acids is 1. The summed E-state index contributed by atoms with van der Waals surface area (Å²) in [6.07, 6.45) is 0. The van der Waals surface area contributed by atoms with E-state index in [4.69, 9.17) is 5.11 Å². The highest BCUT2D eigenvalue weighted by Crippen LogP contribution is 2.14. The molecule has 0 amide bonds. The van der Waals surface area contributed by atoms with Gasteiger partial charge in [-0.25, -0.2) is 0 Å². The lowest BCUT2D eigenvalue weighted by Gasteiger charge is -2.03. The van der Waals surface area contributed by atoms with E-state index in [1.54, 1.807) is 10.6 Å². The molecule has 3 nitrogen and oxygen atoms in total. The van der Waals surface area contributed by atoms with Crippen LogP contribution in [0.5, 0.6) is 0 Å². The van der Waals surface area contributed by atoms with Crippen molar-refractivity contribution in [2.45, 2.75) is 27.5 Å². The molecule has 0 aromatic carbocycles. The van der Waals surface area contributed by atoms with E-state index in [1.165, 1.54) is 6.92 Å². The fourth-order valence-corrected chi connectivity index (χ4v) is 1.38. The Morgan fingerprint density at radius 2 is 2.17 bits per heavy atom. The molecule has 1 heterocycles. The Hall–Kier alpha value is -1.09. The summed E-state index contributed by atoms with van der Waals surface area (Å²) in [6.45, 7) is 5.17. The Balaban J connectivity index is 3.26. The number of rotatable bonds is 2. The Morgan fingerprint density at radius 3 is 2.42 bits per heavy atom. The Bertz CT molecular complexity index is 313. The number of Topliss-reactive ketones (excluding diaryl/α,β-unsaturated/α-hetero) is 1. The van der Waals surface area contributed by atoms with Crippen LogP contribution in [0.3, 0.4) is 0 Å². The number of aryl methyl sites for hydroxylation is 1. The molecule has 0 saturated carbocycles. The smallest absolute Gasteiger partial charge is 0.161 e. The van der Waals surface area contributed by atoms with Crippen LogP contribution in [-0.2, 0) is 6.73 Å². The topological polar surface area (TPSA) is 42.2 Å². The van der Waals surface area contributed by atoms with Crippen LogP contribution in [0.1, 0.15) is 28.7 Å². The van der Waals surface area contributed by atoms with Gasteiger partial charge in [0.15, 0.2) is 5.78 Å². The number of carbonyl (C=O) groups is 1. The highest BCUT2D eigenvalue weighted by atomic mass is 16.3. The minimum absolute atomic E-state index is 0.0443.